The Morgan fingerprint density at radius 3 is 2.62 bits per heavy atom. The second-order valence-corrected chi connectivity index (χ2v) is 8.82. The van der Waals surface area contributed by atoms with Crippen molar-refractivity contribution in [2.75, 3.05) is 12.4 Å². The summed E-state index contributed by atoms with van der Waals surface area (Å²) in [5.74, 6) is -0.341. The van der Waals surface area contributed by atoms with E-state index in [4.69, 9.17) is 5.26 Å². The fraction of sp³-hybridized carbons (Fsp3) is 0.158. The zero-order valence-corrected chi connectivity index (χ0v) is 17.3. The summed E-state index contributed by atoms with van der Waals surface area (Å²) in [5, 5.41) is 11.8. The van der Waals surface area contributed by atoms with Crippen molar-refractivity contribution in [3.05, 3.63) is 70.0 Å². The predicted molar refractivity (Wildman–Crippen MR) is 109 cm³/mol. The van der Waals surface area contributed by atoms with E-state index in [0.29, 0.717) is 34.6 Å². The maximum absolute atomic E-state index is 12.8. The Bertz CT molecular complexity index is 1200. The highest BCUT2D eigenvalue weighted by Gasteiger charge is 2.20. The standard InChI is InChI=1S/C19H17N5O3S2/c1-12-18(17(28-24-12)10-15-9-13(11-20)7-8-22-15)19(25)23-14-3-5-16(6-4-14)29(26,27)21-2/h3-9,21H,10H2,1-2H3,(H,23,25). The number of hydrogen-bond donors (Lipinski definition) is 2. The molecule has 10 heteroatoms. The zero-order valence-electron chi connectivity index (χ0n) is 15.6. The second kappa shape index (κ2) is 8.48. The number of nitrogens with one attached hydrogen (secondary N) is 2. The molecular formula is C19H17N5O3S2. The number of amides is 1. The highest BCUT2D eigenvalue weighted by molar-refractivity contribution is 7.89. The van der Waals surface area contributed by atoms with E-state index in [1.807, 2.05) is 0 Å². The van der Waals surface area contributed by atoms with Crippen molar-refractivity contribution in [3.8, 4) is 6.07 Å². The van der Waals surface area contributed by atoms with Crippen LogP contribution in [0.3, 0.4) is 0 Å². The molecule has 0 aliphatic rings. The molecule has 0 saturated heterocycles. The smallest absolute Gasteiger partial charge is 0.258 e. The number of anilines is 1. The first-order chi connectivity index (χ1) is 13.8. The first-order valence-corrected chi connectivity index (χ1v) is 10.7. The molecule has 1 aromatic carbocycles. The average Bonchev–Trinajstić information content (AvgIpc) is 3.08. The molecule has 0 atom stereocenters. The fourth-order valence-corrected chi connectivity index (χ4v) is 4.28. The van der Waals surface area contributed by atoms with Gasteiger partial charge in [0.25, 0.3) is 5.91 Å². The van der Waals surface area contributed by atoms with Gasteiger partial charge in [-0.2, -0.15) is 9.64 Å². The number of carbonyl (C=O) groups is 1. The summed E-state index contributed by atoms with van der Waals surface area (Å²) in [5.41, 5.74) is 2.67. The largest absolute Gasteiger partial charge is 0.322 e. The maximum atomic E-state index is 12.8. The van der Waals surface area contributed by atoms with Crippen molar-refractivity contribution >= 4 is 33.2 Å². The van der Waals surface area contributed by atoms with Crippen LogP contribution in [0.1, 0.15) is 32.2 Å². The highest BCUT2D eigenvalue weighted by Crippen LogP contribution is 2.23. The van der Waals surface area contributed by atoms with Gasteiger partial charge in [0.1, 0.15) is 0 Å². The third-order valence-electron chi connectivity index (χ3n) is 4.14. The van der Waals surface area contributed by atoms with Gasteiger partial charge in [-0.05, 0) is 61.9 Å². The van der Waals surface area contributed by atoms with Crippen LogP contribution >= 0.6 is 11.5 Å². The molecule has 2 aromatic heterocycles. The number of aryl methyl sites for hydroxylation is 1. The van der Waals surface area contributed by atoms with E-state index in [-0.39, 0.29) is 10.8 Å². The molecule has 1 amide bonds. The van der Waals surface area contributed by atoms with Crippen LogP contribution in [0.15, 0.2) is 47.5 Å². The molecule has 0 unspecified atom stereocenters. The molecule has 2 N–H and O–H groups in total. The van der Waals surface area contributed by atoms with Crippen LogP contribution in [0.25, 0.3) is 0 Å². The Morgan fingerprint density at radius 2 is 1.97 bits per heavy atom. The van der Waals surface area contributed by atoms with E-state index in [1.54, 1.807) is 25.3 Å². The quantitative estimate of drug-likeness (QED) is 0.623. The lowest BCUT2D eigenvalue weighted by Crippen LogP contribution is -2.18. The Labute approximate surface area is 172 Å². The van der Waals surface area contributed by atoms with Crippen molar-refractivity contribution in [1.82, 2.24) is 14.1 Å². The average molecular weight is 428 g/mol. The fourth-order valence-electron chi connectivity index (χ4n) is 2.67. The summed E-state index contributed by atoms with van der Waals surface area (Å²) in [7, 11) is -2.21. The summed E-state index contributed by atoms with van der Waals surface area (Å²) in [6, 6.07) is 11.2. The maximum Gasteiger partial charge on any atom is 0.258 e. The van der Waals surface area contributed by atoms with Crippen LogP contribution in [-0.4, -0.2) is 30.7 Å². The third kappa shape index (κ3) is 4.65. The predicted octanol–water partition coefficient (Wildman–Crippen LogP) is 2.47. The van der Waals surface area contributed by atoms with Crippen molar-refractivity contribution in [3.63, 3.8) is 0 Å². The van der Waals surface area contributed by atoms with Crippen LogP contribution in [-0.2, 0) is 16.4 Å². The Hall–Kier alpha value is -3.13. The summed E-state index contributed by atoms with van der Waals surface area (Å²) in [6.07, 6.45) is 1.94. The van der Waals surface area contributed by atoms with Gasteiger partial charge in [-0.25, -0.2) is 13.1 Å². The molecule has 8 nitrogen and oxygen atoms in total. The molecular weight excluding hydrogens is 410 g/mol. The molecule has 3 aromatic rings. The summed E-state index contributed by atoms with van der Waals surface area (Å²) in [4.78, 5) is 17.9. The molecule has 0 bridgehead atoms. The number of pyridine rings is 1. The molecule has 148 valence electrons. The molecule has 0 fully saturated rings. The lowest BCUT2D eigenvalue weighted by molar-refractivity contribution is 0.102. The van der Waals surface area contributed by atoms with E-state index < -0.39 is 10.0 Å². The molecule has 0 radical (unpaired) electrons. The van der Waals surface area contributed by atoms with Crippen molar-refractivity contribution in [1.29, 1.82) is 5.26 Å². The van der Waals surface area contributed by atoms with Gasteiger partial charge in [0, 0.05) is 28.9 Å². The molecule has 2 heterocycles. The number of aromatic nitrogens is 2. The van der Waals surface area contributed by atoms with Crippen LogP contribution in [0.4, 0.5) is 5.69 Å². The lowest BCUT2D eigenvalue weighted by atomic mass is 10.1. The zero-order chi connectivity index (χ0) is 21.0. The third-order valence-corrected chi connectivity index (χ3v) is 6.50. The van der Waals surface area contributed by atoms with Crippen molar-refractivity contribution in [2.24, 2.45) is 0 Å². The van der Waals surface area contributed by atoms with Gasteiger partial charge in [-0.15, -0.1) is 0 Å². The van der Waals surface area contributed by atoms with Gasteiger partial charge in [0.05, 0.1) is 27.8 Å². The lowest BCUT2D eigenvalue weighted by Gasteiger charge is -2.08. The van der Waals surface area contributed by atoms with E-state index in [0.717, 1.165) is 4.88 Å². The number of carbonyl (C=O) groups excluding carboxylic acids is 1. The molecule has 29 heavy (non-hydrogen) atoms. The number of rotatable bonds is 6. The van der Waals surface area contributed by atoms with E-state index in [1.165, 1.54) is 42.8 Å². The SMILES string of the molecule is CNS(=O)(=O)c1ccc(NC(=O)c2c(C)nsc2Cc2cc(C#N)ccn2)cc1. The van der Waals surface area contributed by atoms with Gasteiger partial charge < -0.3 is 5.32 Å². The molecule has 0 aliphatic heterocycles. The first kappa shape index (κ1) is 20.6. The Balaban J connectivity index is 1.81. The first-order valence-electron chi connectivity index (χ1n) is 8.49. The van der Waals surface area contributed by atoms with Gasteiger partial charge >= 0.3 is 0 Å². The Kier molecular flexibility index (Phi) is 6.03. The van der Waals surface area contributed by atoms with Crippen molar-refractivity contribution in [2.45, 2.75) is 18.2 Å². The molecule has 0 spiro atoms. The monoisotopic (exact) mass is 427 g/mol. The van der Waals surface area contributed by atoms with Gasteiger partial charge in [0.15, 0.2) is 0 Å². The summed E-state index contributed by atoms with van der Waals surface area (Å²) >= 11 is 1.21. The summed E-state index contributed by atoms with van der Waals surface area (Å²) in [6.45, 7) is 1.75. The van der Waals surface area contributed by atoms with E-state index >= 15 is 0 Å². The Morgan fingerprint density at radius 1 is 1.24 bits per heavy atom. The van der Waals surface area contributed by atoms with Crippen LogP contribution < -0.4 is 10.0 Å². The molecule has 3 rings (SSSR count). The van der Waals surface area contributed by atoms with Gasteiger partial charge in [-0.3, -0.25) is 9.78 Å². The number of benzene rings is 1. The second-order valence-electron chi connectivity index (χ2n) is 6.08. The highest BCUT2D eigenvalue weighted by atomic mass is 32.2. The number of sulfonamides is 1. The minimum atomic E-state index is -3.54. The number of hydrogen-bond acceptors (Lipinski definition) is 7. The number of nitrogens with zero attached hydrogens (tertiary/aromatic N) is 3. The van der Waals surface area contributed by atoms with Crippen LogP contribution in [0.2, 0.25) is 0 Å². The topological polar surface area (TPSA) is 125 Å². The van der Waals surface area contributed by atoms with E-state index in [2.05, 4.69) is 25.5 Å². The van der Waals surface area contributed by atoms with Crippen LogP contribution in [0.5, 0.6) is 0 Å². The minimum Gasteiger partial charge on any atom is -0.322 e. The van der Waals surface area contributed by atoms with Crippen molar-refractivity contribution < 1.29 is 13.2 Å². The van der Waals surface area contributed by atoms with Crippen LogP contribution in [0, 0.1) is 18.3 Å². The van der Waals surface area contributed by atoms with Gasteiger partial charge in [-0.1, -0.05) is 0 Å². The number of nitriles is 1. The van der Waals surface area contributed by atoms with Gasteiger partial charge in [0.2, 0.25) is 10.0 Å². The molecule has 0 aliphatic carbocycles. The van der Waals surface area contributed by atoms with E-state index in [9.17, 15) is 13.2 Å². The normalized spacial score (nSPS) is 11.1. The molecule has 0 saturated carbocycles. The minimum absolute atomic E-state index is 0.107. The summed E-state index contributed by atoms with van der Waals surface area (Å²) < 4.78 is 30.1.